The SMILES string of the molecule is CC1CCC(C(Cl)C#N)CC1. The van der Waals surface area contributed by atoms with Gasteiger partial charge < -0.3 is 0 Å². The molecule has 1 saturated carbocycles. The molecule has 1 unspecified atom stereocenters. The van der Waals surface area contributed by atoms with Gasteiger partial charge in [-0.1, -0.05) is 19.8 Å². The molecule has 0 N–H and O–H groups in total. The highest BCUT2D eigenvalue weighted by Crippen LogP contribution is 2.32. The van der Waals surface area contributed by atoms with E-state index < -0.39 is 0 Å². The summed E-state index contributed by atoms with van der Waals surface area (Å²) in [7, 11) is 0. The van der Waals surface area contributed by atoms with Gasteiger partial charge in [-0.3, -0.25) is 0 Å². The molecular weight excluding hydrogens is 158 g/mol. The molecule has 11 heavy (non-hydrogen) atoms. The van der Waals surface area contributed by atoms with Gasteiger partial charge in [0.2, 0.25) is 0 Å². The van der Waals surface area contributed by atoms with Crippen LogP contribution in [0.1, 0.15) is 32.6 Å². The number of halogens is 1. The maximum absolute atomic E-state index is 8.57. The summed E-state index contributed by atoms with van der Waals surface area (Å²) in [5, 5.41) is 8.32. The molecule has 1 aliphatic rings. The molecule has 1 aliphatic carbocycles. The molecular formula is C9H14ClN. The normalized spacial score (nSPS) is 34.3. The summed E-state index contributed by atoms with van der Waals surface area (Å²) in [6, 6.07) is 2.11. The Morgan fingerprint density at radius 1 is 1.36 bits per heavy atom. The van der Waals surface area contributed by atoms with Gasteiger partial charge in [-0.25, -0.2) is 0 Å². The van der Waals surface area contributed by atoms with Gasteiger partial charge in [0.1, 0.15) is 5.38 Å². The van der Waals surface area contributed by atoms with Gasteiger partial charge in [-0.2, -0.15) is 5.26 Å². The molecule has 0 aliphatic heterocycles. The second kappa shape index (κ2) is 3.97. The van der Waals surface area contributed by atoms with Gasteiger partial charge in [-0.15, -0.1) is 11.6 Å². The lowest BCUT2D eigenvalue weighted by Gasteiger charge is -2.26. The maximum atomic E-state index is 8.57. The molecule has 0 spiro atoms. The van der Waals surface area contributed by atoms with E-state index >= 15 is 0 Å². The molecule has 62 valence electrons. The van der Waals surface area contributed by atoms with Gasteiger partial charge in [0.15, 0.2) is 0 Å². The van der Waals surface area contributed by atoms with Crippen LogP contribution < -0.4 is 0 Å². The Morgan fingerprint density at radius 2 is 1.91 bits per heavy atom. The third-order valence-electron chi connectivity index (χ3n) is 2.60. The fourth-order valence-corrected chi connectivity index (χ4v) is 1.94. The van der Waals surface area contributed by atoms with E-state index in [9.17, 15) is 0 Å². The number of nitrogens with zero attached hydrogens (tertiary/aromatic N) is 1. The summed E-state index contributed by atoms with van der Waals surface area (Å²) in [4.78, 5) is 0. The monoisotopic (exact) mass is 171 g/mol. The Morgan fingerprint density at radius 3 is 2.36 bits per heavy atom. The Kier molecular flexibility index (Phi) is 3.20. The molecule has 1 fully saturated rings. The predicted octanol–water partition coefficient (Wildman–Crippen LogP) is 2.94. The van der Waals surface area contributed by atoms with Crippen LogP contribution in [0.25, 0.3) is 0 Å². The Labute approximate surface area is 73.3 Å². The number of nitriles is 1. The fourth-order valence-electron chi connectivity index (χ4n) is 1.68. The lowest BCUT2D eigenvalue weighted by Crippen LogP contribution is -2.19. The molecule has 0 radical (unpaired) electrons. The first-order valence-corrected chi connectivity index (χ1v) is 4.71. The van der Waals surface area contributed by atoms with E-state index in [1.165, 1.54) is 12.8 Å². The third kappa shape index (κ3) is 2.38. The highest BCUT2D eigenvalue weighted by molar-refractivity contribution is 6.22. The molecule has 0 heterocycles. The minimum absolute atomic E-state index is 0.248. The number of hydrogen-bond acceptors (Lipinski definition) is 1. The van der Waals surface area contributed by atoms with E-state index in [2.05, 4.69) is 13.0 Å². The first-order chi connectivity index (χ1) is 5.24. The lowest BCUT2D eigenvalue weighted by atomic mass is 9.81. The van der Waals surface area contributed by atoms with Crippen LogP contribution in [0, 0.1) is 23.2 Å². The molecule has 0 amide bonds. The van der Waals surface area contributed by atoms with Crippen LogP contribution in [0.4, 0.5) is 0 Å². The smallest absolute Gasteiger partial charge is 0.123 e. The average Bonchev–Trinajstić information content (AvgIpc) is 2.05. The van der Waals surface area contributed by atoms with Crippen molar-refractivity contribution in [1.29, 1.82) is 5.26 Å². The molecule has 0 aromatic rings. The van der Waals surface area contributed by atoms with Crippen molar-refractivity contribution in [3.63, 3.8) is 0 Å². The fraction of sp³-hybridized carbons (Fsp3) is 0.889. The first-order valence-electron chi connectivity index (χ1n) is 4.27. The highest BCUT2D eigenvalue weighted by atomic mass is 35.5. The lowest BCUT2D eigenvalue weighted by molar-refractivity contribution is 0.296. The van der Waals surface area contributed by atoms with E-state index in [0.717, 1.165) is 18.8 Å². The summed E-state index contributed by atoms with van der Waals surface area (Å²) >= 11 is 5.83. The minimum Gasteiger partial charge on any atom is -0.197 e. The van der Waals surface area contributed by atoms with E-state index in [-0.39, 0.29) is 5.38 Å². The minimum atomic E-state index is -0.248. The summed E-state index contributed by atoms with van der Waals surface area (Å²) in [5.41, 5.74) is 0. The second-order valence-corrected chi connectivity index (χ2v) is 4.02. The van der Waals surface area contributed by atoms with E-state index in [4.69, 9.17) is 16.9 Å². The van der Waals surface area contributed by atoms with E-state index in [1.807, 2.05) is 0 Å². The third-order valence-corrected chi connectivity index (χ3v) is 3.05. The summed E-state index contributed by atoms with van der Waals surface area (Å²) < 4.78 is 0. The van der Waals surface area contributed by atoms with E-state index in [0.29, 0.717) is 5.92 Å². The maximum Gasteiger partial charge on any atom is 0.123 e. The van der Waals surface area contributed by atoms with Crippen LogP contribution in [0.5, 0.6) is 0 Å². The van der Waals surface area contributed by atoms with Crippen molar-refractivity contribution in [2.45, 2.75) is 38.0 Å². The van der Waals surface area contributed by atoms with Crippen molar-refractivity contribution >= 4 is 11.6 Å². The Hall–Kier alpha value is -0.220. The van der Waals surface area contributed by atoms with Gasteiger partial charge in [-0.05, 0) is 24.7 Å². The predicted molar refractivity (Wildman–Crippen MR) is 46.4 cm³/mol. The zero-order valence-electron chi connectivity index (χ0n) is 6.89. The van der Waals surface area contributed by atoms with Crippen molar-refractivity contribution in [2.75, 3.05) is 0 Å². The molecule has 2 heteroatoms. The van der Waals surface area contributed by atoms with E-state index in [1.54, 1.807) is 0 Å². The van der Waals surface area contributed by atoms with Crippen LogP contribution in [-0.4, -0.2) is 5.38 Å². The quantitative estimate of drug-likeness (QED) is 0.557. The van der Waals surface area contributed by atoms with Crippen molar-refractivity contribution in [3.8, 4) is 6.07 Å². The van der Waals surface area contributed by atoms with Crippen LogP contribution in [0.2, 0.25) is 0 Å². The molecule has 1 atom stereocenters. The second-order valence-electron chi connectivity index (χ2n) is 3.55. The van der Waals surface area contributed by atoms with Gasteiger partial charge >= 0.3 is 0 Å². The largest absolute Gasteiger partial charge is 0.197 e. The van der Waals surface area contributed by atoms with Crippen molar-refractivity contribution in [2.24, 2.45) is 11.8 Å². The van der Waals surface area contributed by atoms with Crippen LogP contribution in [-0.2, 0) is 0 Å². The zero-order chi connectivity index (χ0) is 8.27. The molecule has 1 rings (SSSR count). The molecule has 0 aromatic heterocycles. The van der Waals surface area contributed by atoms with Gasteiger partial charge in [0, 0.05) is 0 Å². The number of hydrogen-bond donors (Lipinski definition) is 0. The standard InChI is InChI=1S/C9H14ClN/c1-7-2-4-8(5-3-7)9(10)6-11/h7-9H,2-5H2,1H3. The molecule has 0 aromatic carbocycles. The summed E-state index contributed by atoms with van der Waals surface area (Å²) in [5.74, 6) is 1.30. The topological polar surface area (TPSA) is 23.8 Å². The first kappa shape index (κ1) is 8.87. The number of alkyl halides is 1. The zero-order valence-corrected chi connectivity index (χ0v) is 7.64. The van der Waals surface area contributed by atoms with Crippen molar-refractivity contribution in [1.82, 2.24) is 0 Å². The van der Waals surface area contributed by atoms with Crippen LogP contribution in [0.3, 0.4) is 0 Å². The summed E-state index contributed by atoms with van der Waals surface area (Å²) in [6.07, 6.45) is 4.77. The summed E-state index contributed by atoms with van der Waals surface area (Å²) in [6.45, 7) is 2.27. The van der Waals surface area contributed by atoms with Gasteiger partial charge in [0.05, 0.1) is 6.07 Å². The average molecular weight is 172 g/mol. The Balaban J connectivity index is 2.34. The van der Waals surface area contributed by atoms with Crippen molar-refractivity contribution in [3.05, 3.63) is 0 Å². The van der Waals surface area contributed by atoms with Crippen LogP contribution in [0.15, 0.2) is 0 Å². The van der Waals surface area contributed by atoms with Gasteiger partial charge in [0.25, 0.3) is 0 Å². The highest BCUT2D eigenvalue weighted by Gasteiger charge is 2.23. The molecule has 0 bridgehead atoms. The molecule has 1 nitrogen and oxygen atoms in total. The molecule has 0 saturated heterocycles. The van der Waals surface area contributed by atoms with Crippen molar-refractivity contribution < 1.29 is 0 Å². The van der Waals surface area contributed by atoms with Crippen LogP contribution >= 0.6 is 11.6 Å². The Bertz CT molecular complexity index is 153. The number of rotatable bonds is 1.